The molecule has 556 valence electrons. The summed E-state index contributed by atoms with van der Waals surface area (Å²) < 4.78 is 34.3. The van der Waals surface area contributed by atoms with Crippen LogP contribution < -0.4 is 5.32 Å². The van der Waals surface area contributed by atoms with Crippen LogP contribution in [0.25, 0.3) is 0 Å². The van der Waals surface area contributed by atoms with E-state index >= 15 is 0 Å². The van der Waals surface area contributed by atoms with Crippen LogP contribution in [0.5, 0.6) is 0 Å². The first kappa shape index (κ1) is 87.6. The van der Waals surface area contributed by atoms with E-state index in [2.05, 4.69) is 165 Å². The van der Waals surface area contributed by atoms with Crippen molar-refractivity contribution in [1.29, 1.82) is 0 Å². The Labute approximate surface area is 586 Å². The number of carbonyl (C=O) groups excluding carboxylic acids is 1. The maximum absolute atomic E-state index is 13.4. The van der Waals surface area contributed by atoms with E-state index in [4.69, 9.17) is 28.4 Å². The van der Waals surface area contributed by atoms with E-state index in [9.17, 15) is 61.0 Å². The first-order valence-electron chi connectivity index (χ1n) is 36.7. The molecule has 3 rings (SSSR count). The predicted molar refractivity (Wildman–Crippen MR) is 387 cm³/mol. The van der Waals surface area contributed by atoms with Crippen molar-refractivity contribution in [2.45, 2.75) is 304 Å². The summed E-state index contributed by atoms with van der Waals surface area (Å²) in [6.07, 6.45) is 58.1. The van der Waals surface area contributed by atoms with Gasteiger partial charge in [-0.1, -0.05) is 242 Å². The number of ether oxygens (including phenoxy) is 6. The molecular formula is C79H127NO18. The summed E-state index contributed by atoms with van der Waals surface area (Å²) in [6.45, 7) is 1.55. The molecule has 3 heterocycles. The third-order valence-electron chi connectivity index (χ3n) is 17.1. The number of aliphatic hydroxyl groups is 11. The Bertz CT molecular complexity index is 2390. The van der Waals surface area contributed by atoms with E-state index in [0.29, 0.717) is 6.42 Å². The third-order valence-corrected chi connectivity index (χ3v) is 17.1. The predicted octanol–water partition coefficient (Wildman–Crippen LogP) is 10.9. The molecule has 17 atom stereocenters. The fourth-order valence-corrected chi connectivity index (χ4v) is 11.2. The van der Waals surface area contributed by atoms with Gasteiger partial charge >= 0.3 is 0 Å². The summed E-state index contributed by atoms with van der Waals surface area (Å²) in [7, 11) is 0. The maximum atomic E-state index is 13.4. The first-order chi connectivity index (χ1) is 47.8. The Morgan fingerprint density at radius 1 is 0.378 bits per heavy atom. The highest BCUT2D eigenvalue weighted by Crippen LogP contribution is 2.33. The number of carbonyl (C=O) groups is 1. The molecule has 0 aromatic heterocycles. The second-order valence-corrected chi connectivity index (χ2v) is 25.3. The quantitative estimate of drug-likeness (QED) is 0.0199. The molecule has 1 amide bonds. The maximum Gasteiger partial charge on any atom is 0.220 e. The molecule has 0 radical (unpaired) electrons. The van der Waals surface area contributed by atoms with Crippen LogP contribution in [0.3, 0.4) is 0 Å². The number of allylic oxidation sites excluding steroid dienone is 25. The molecule has 17 unspecified atom stereocenters. The highest BCUT2D eigenvalue weighted by atomic mass is 16.8. The van der Waals surface area contributed by atoms with Gasteiger partial charge in [0.15, 0.2) is 18.9 Å². The van der Waals surface area contributed by atoms with Crippen LogP contribution in [0.4, 0.5) is 0 Å². The van der Waals surface area contributed by atoms with Gasteiger partial charge in [0.25, 0.3) is 0 Å². The number of aliphatic hydroxyl groups excluding tert-OH is 11. The lowest BCUT2D eigenvalue weighted by Gasteiger charge is -2.48. The number of nitrogens with one attached hydrogen (secondary N) is 1. The summed E-state index contributed by atoms with van der Waals surface area (Å²) in [5.41, 5.74) is 0. The monoisotopic (exact) mass is 1380 g/mol. The lowest BCUT2D eigenvalue weighted by molar-refractivity contribution is -0.379. The van der Waals surface area contributed by atoms with Crippen molar-refractivity contribution in [2.75, 3.05) is 26.4 Å². The van der Waals surface area contributed by atoms with Crippen LogP contribution in [0, 0.1) is 0 Å². The molecule has 3 saturated heterocycles. The summed E-state index contributed by atoms with van der Waals surface area (Å²) in [5.74, 6) is -0.308. The molecule has 19 nitrogen and oxygen atoms in total. The van der Waals surface area contributed by atoms with Crippen LogP contribution in [0.1, 0.15) is 200 Å². The minimum atomic E-state index is -1.99. The zero-order valence-electron chi connectivity index (χ0n) is 58.9. The Kier molecular flexibility index (Phi) is 51.8. The molecule has 0 aromatic rings. The number of unbranched alkanes of at least 4 members (excludes halogenated alkanes) is 14. The lowest BCUT2D eigenvalue weighted by Crippen LogP contribution is -2.66. The van der Waals surface area contributed by atoms with Crippen LogP contribution >= 0.6 is 0 Å². The normalized spacial score (nSPS) is 27.7. The first-order valence-corrected chi connectivity index (χ1v) is 36.7. The van der Waals surface area contributed by atoms with Gasteiger partial charge in [-0.3, -0.25) is 4.79 Å². The van der Waals surface area contributed by atoms with Gasteiger partial charge in [0.05, 0.1) is 38.6 Å². The summed E-state index contributed by atoms with van der Waals surface area (Å²) in [6, 6.07) is -0.998. The van der Waals surface area contributed by atoms with E-state index in [-0.39, 0.29) is 18.9 Å². The van der Waals surface area contributed by atoms with Crippen LogP contribution in [0.2, 0.25) is 0 Å². The molecule has 0 bridgehead atoms. The van der Waals surface area contributed by atoms with Crippen molar-refractivity contribution in [3.8, 4) is 0 Å². The fraction of sp³-hybridized carbons (Fsp3) is 0.658. The van der Waals surface area contributed by atoms with Gasteiger partial charge in [-0.15, -0.1) is 0 Å². The highest BCUT2D eigenvalue weighted by Gasteiger charge is 2.53. The standard InChI is InChI=1S/C79H127NO18/c1-3-5-7-9-11-13-15-17-18-19-20-21-22-23-24-25-26-27-28-29-30-31-32-33-34-35-36-37-38-39-40-41-42-43-44-45-47-49-51-53-55-57-67(85)80-62(63(84)56-54-52-50-48-46-16-14-12-10-8-6-4-2)61-93-77-73(91)70(88)75(65(59-82)95-77)98-79-74(92)71(89)76(66(60-83)96-79)97-78-72(90)69(87)68(86)64(58-81)94-78/h5,7,11,13,17-18,20-21,23-24,26-27,29-30,32-33,35-36,38-39,41-42,44-45,54,56,62-66,68-79,81-84,86-92H,3-4,6,8-10,12,14-16,19,22,25,28,31,34,37,40,43,46-53,55,57-61H2,1-2H3,(H,80,85)/b7-5-,13-11-,18-17-,21-20-,24-23-,27-26-,30-29-,33-32-,36-35-,39-38-,42-41-,45-44-,56-54+. The van der Waals surface area contributed by atoms with Gasteiger partial charge in [0.2, 0.25) is 5.91 Å². The summed E-state index contributed by atoms with van der Waals surface area (Å²) in [5, 5.41) is 120. The largest absolute Gasteiger partial charge is 0.394 e. The van der Waals surface area contributed by atoms with Crippen molar-refractivity contribution in [1.82, 2.24) is 5.32 Å². The molecule has 0 aromatic carbocycles. The smallest absolute Gasteiger partial charge is 0.220 e. The van der Waals surface area contributed by atoms with Gasteiger partial charge in [-0.2, -0.15) is 0 Å². The van der Waals surface area contributed by atoms with Gasteiger partial charge < -0.3 is 89.9 Å². The van der Waals surface area contributed by atoms with Crippen molar-refractivity contribution < 1.29 is 89.4 Å². The fourth-order valence-electron chi connectivity index (χ4n) is 11.2. The number of rotatable bonds is 54. The van der Waals surface area contributed by atoms with Gasteiger partial charge in [-0.05, 0) is 109 Å². The average molecular weight is 1380 g/mol. The zero-order chi connectivity index (χ0) is 71.1. The molecule has 3 aliphatic rings. The molecule has 98 heavy (non-hydrogen) atoms. The van der Waals surface area contributed by atoms with Crippen LogP contribution in [-0.4, -0.2) is 193 Å². The number of amides is 1. The van der Waals surface area contributed by atoms with E-state index in [0.717, 1.165) is 128 Å². The average Bonchev–Trinajstić information content (AvgIpc) is 0.785. The molecule has 19 heteroatoms. The molecule has 3 fully saturated rings. The van der Waals surface area contributed by atoms with Crippen LogP contribution in [0.15, 0.2) is 158 Å². The molecule has 12 N–H and O–H groups in total. The number of hydrogen-bond donors (Lipinski definition) is 12. The minimum Gasteiger partial charge on any atom is -0.394 e. The van der Waals surface area contributed by atoms with E-state index in [1.54, 1.807) is 6.08 Å². The third kappa shape index (κ3) is 38.4. The van der Waals surface area contributed by atoms with Crippen LogP contribution in [-0.2, 0) is 33.2 Å². The second kappa shape index (κ2) is 58.0. The Morgan fingerprint density at radius 2 is 0.704 bits per heavy atom. The molecule has 0 saturated carbocycles. The van der Waals surface area contributed by atoms with E-state index < -0.39 is 124 Å². The summed E-state index contributed by atoms with van der Waals surface area (Å²) in [4.78, 5) is 13.4. The Hall–Kier alpha value is -4.59. The topological polar surface area (TPSA) is 307 Å². The van der Waals surface area contributed by atoms with Crippen molar-refractivity contribution in [3.05, 3.63) is 158 Å². The molecule has 3 aliphatic heterocycles. The van der Waals surface area contributed by atoms with E-state index in [1.807, 2.05) is 6.08 Å². The van der Waals surface area contributed by atoms with Crippen molar-refractivity contribution in [3.63, 3.8) is 0 Å². The zero-order valence-corrected chi connectivity index (χ0v) is 58.9. The molecule has 0 aliphatic carbocycles. The Morgan fingerprint density at radius 3 is 1.10 bits per heavy atom. The minimum absolute atomic E-state index is 0.203. The highest BCUT2D eigenvalue weighted by molar-refractivity contribution is 5.76. The van der Waals surface area contributed by atoms with E-state index in [1.165, 1.54) is 44.9 Å². The number of hydrogen-bond acceptors (Lipinski definition) is 18. The van der Waals surface area contributed by atoms with Crippen molar-refractivity contribution >= 4 is 5.91 Å². The summed E-state index contributed by atoms with van der Waals surface area (Å²) >= 11 is 0. The van der Waals surface area contributed by atoms with Crippen molar-refractivity contribution in [2.24, 2.45) is 0 Å². The molecular weight excluding hydrogens is 1250 g/mol. The SMILES string of the molecule is CC/C=C\C/C=C\C/C=C\C/C=C\C/C=C\C/C=C\C/C=C\C/C=C\C/C=C\C/C=C\C/C=C\C/C=C\CCCCCCC(=O)NC(COC1OC(CO)C(OC2OC(CO)C(OC3OC(CO)C(O)C(O)C3O)C(O)C2O)C(O)C1O)C(O)/C=C/CCCCCCCCCCCC. The second-order valence-electron chi connectivity index (χ2n) is 25.3. The Balaban J connectivity index is 1.35. The van der Waals surface area contributed by atoms with Gasteiger partial charge in [0.1, 0.15) is 73.2 Å². The van der Waals surface area contributed by atoms with Gasteiger partial charge in [0, 0.05) is 6.42 Å². The lowest BCUT2D eigenvalue weighted by atomic mass is 9.96. The molecule has 0 spiro atoms. The van der Waals surface area contributed by atoms with Gasteiger partial charge in [-0.25, -0.2) is 0 Å².